The van der Waals surface area contributed by atoms with Crippen LogP contribution in [-0.2, 0) is 0 Å². The molecular weight excluding hydrogens is 232 g/mol. The Kier molecular flexibility index (Phi) is 3.68. The number of nitrogens with one attached hydrogen (secondary N) is 1. The Labute approximate surface area is 119 Å². The van der Waals surface area contributed by atoms with Crippen LogP contribution in [0.1, 0.15) is 53.4 Å². The average molecular weight is 264 g/mol. The Morgan fingerprint density at radius 3 is 2.53 bits per heavy atom. The van der Waals surface area contributed by atoms with Gasteiger partial charge in [-0.3, -0.25) is 4.90 Å². The zero-order valence-corrected chi connectivity index (χ0v) is 13.3. The molecule has 2 heteroatoms. The summed E-state index contributed by atoms with van der Waals surface area (Å²) in [6.45, 7) is 13.7. The first kappa shape index (κ1) is 13.9. The Bertz CT molecular complexity index is 323. The molecule has 3 aliphatic rings. The maximum atomic E-state index is 3.61. The SMILES string of the molecule is CC(C)C1CCCCC1N1CC2CNCC2C1(C)C. The molecule has 2 heterocycles. The molecule has 1 N–H and O–H groups in total. The van der Waals surface area contributed by atoms with Gasteiger partial charge in [-0.15, -0.1) is 0 Å². The van der Waals surface area contributed by atoms with Crippen molar-refractivity contribution in [2.75, 3.05) is 19.6 Å². The molecule has 0 spiro atoms. The Morgan fingerprint density at radius 1 is 1.11 bits per heavy atom. The number of likely N-dealkylation sites (tertiary alicyclic amines) is 1. The molecule has 3 rings (SSSR count). The summed E-state index contributed by atoms with van der Waals surface area (Å²) >= 11 is 0. The predicted molar refractivity (Wildman–Crippen MR) is 81.2 cm³/mol. The van der Waals surface area contributed by atoms with Gasteiger partial charge in [-0.05, 0) is 56.9 Å². The molecule has 0 bridgehead atoms. The van der Waals surface area contributed by atoms with Crippen molar-refractivity contribution in [3.05, 3.63) is 0 Å². The lowest BCUT2D eigenvalue weighted by molar-refractivity contribution is 0.0200. The molecule has 4 unspecified atom stereocenters. The molecule has 0 aromatic carbocycles. The van der Waals surface area contributed by atoms with Crippen molar-refractivity contribution in [1.29, 1.82) is 0 Å². The van der Waals surface area contributed by atoms with Gasteiger partial charge in [-0.25, -0.2) is 0 Å². The quantitative estimate of drug-likeness (QED) is 0.824. The largest absolute Gasteiger partial charge is 0.316 e. The van der Waals surface area contributed by atoms with E-state index in [9.17, 15) is 0 Å². The fourth-order valence-electron chi connectivity index (χ4n) is 5.32. The minimum absolute atomic E-state index is 0.406. The van der Waals surface area contributed by atoms with Gasteiger partial charge in [0.2, 0.25) is 0 Å². The highest BCUT2D eigenvalue weighted by Gasteiger charge is 2.52. The zero-order valence-electron chi connectivity index (χ0n) is 13.3. The first-order valence-electron chi connectivity index (χ1n) is 8.49. The van der Waals surface area contributed by atoms with E-state index < -0.39 is 0 Å². The van der Waals surface area contributed by atoms with Crippen LogP contribution in [0.3, 0.4) is 0 Å². The molecule has 2 saturated heterocycles. The van der Waals surface area contributed by atoms with Gasteiger partial charge in [0.1, 0.15) is 0 Å². The van der Waals surface area contributed by atoms with Crippen LogP contribution >= 0.6 is 0 Å². The second kappa shape index (κ2) is 5.04. The van der Waals surface area contributed by atoms with Crippen molar-refractivity contribution in [2.45, 2.75) is 65.0 Å². The van der Waals surface area contributed by atoms with Crippen molar-refractivity contribution in [3.63, 3.8) is 0 Å². The molecule has 0 aromatic heterocycles. The van der Waals surface area contributed by atoms with Crippen LogP contribution in [0.15, 0.2) is 0 Å². The summed E-state index contributed by atoms with van der Waals surface area (Å²) in [4.78, 5) is 2.92. The van der Waals surface area contributed by atoms with E-state index in [4.69, 9.17) is 0 Å². The maximum absolute atomic E-state index is 3.61. The molecule has 19 heavy (non-hydrogen) atoms. The lowest BCUT2D eigenvalue weighted by atomic mass is 9.75. The number of rotatable bonds is 2. The topological polar surface area (TPSA) is 15.3 Å². The lowest BCUT2D eigenvalue weighted by Gasteiger charge is -2.47. The van der Waals surface area contributed by atoms with Gasteiger partial charge in [0.25, 0.3) is 0 Å². The molecule has 2 aliphatic heterocycles. The molecule has 3 fully saturated rings. The molecule has 0 amide bonds. The summed E-state index contributed by atoms with van der Waals surface area (Å²) in [6, 6.07) is 0.856. The summed E-state index contributed by atoms with van der Waals surface area (Å²) in [5.41, 5.74) is 0.406. The van der Waals surface area contributed by atoms with Crippen molar-refractivity contribution in [1.82, 2.24) is 10.2 Å². The first-order valence-corrected chi connectivity index (χ1v) is 8.49. The summed E-state index contributed by atoms with van der Waals surface area (Å²) in [7, 11) is 0. The summed E-state index contributed by atoms with van der Waals surface area (Å²) in [5, 5.41) is 3.61. The van der Waals surface area contributed by atoms with Crippen LogP contribution in [0, 0.1) is 23.7 Å². The van der Waals surface area contributed by atoms with E-state index in [-0.39, 0.29) is 0 Å². The highest BCUT2D eigenvalue weighted by atomic mass is 15.3. The minimum atomic E-state index is 0.406. The average Bonchev–Trinajstić information content (AvgIpc) is 2.92. The standard InChI is InChI=1S/C17H32N2/c1-12(2)14-7-5-6-8-16(14)19-11-13-9-18-10-15(13)17(19,3)4/h12-16,18H,5-11H2,1-4H3. The molecule has 4 atom stereocenters. The van der Waals surface area contributed by atoms with Gasteiger partial charge in [0, 0.05) is 24.7 Å². The lowest BCUT2D eigenvalue weighted by Crippen LogP contribution is -2.53. The van der Waals surface area contributed by atoms with E-state index in [0.717, 1.165) is 29.7 Å². The van der Waals surface area contributed by atoms with Gasteiger partial charge in [-0.2, -0.15) is 0 Å². The first-order chi connectivity index (χ1) is 9.01. The monoisotopic (exact) mass is 264 g/mol. The third kappa shape index (κ3) is 2.25. The zero-order chi connectivity index (χ0) is 13.6. The molecule has 1 aliphatic carbocycles. The van der Waals surface area contributed by atoms with E-state index >= 15 is 0 Å². The molecule has 2 nitrogen and oxygen atoms in total. The third-order valence-electron chi connectivity index (χ3n) is 6.46. The van der Waals surface area contributed by atoms with Crippen molar-refractivity contribution in [2.24, 2.45) is 23.7 Å². The minimum Gasteiger partial charge on any atom is -0.316 e. The number of hydrogen-bond donors (Lipinski definition) is 1. The van der Waals surface area contributed by atoms with Gasteiger partial charge < -0.3 is 5.32 Å². The molecule has 0 radical (unpaired) electrons. The van der Waals surface area contributed by atoms with Crippen LogP contribution in [0.2, 0.25) is 0 Å². The number of fused-ring (bicyclic) bond motifs is 1. The van der Waals surface area contributed by atoms with Crippen LogP contribution < -0.4 is 5.32 Å². The van der Waals surface area contributed by atoms with Gasteiger partial charge in [-0.1, -0.05) is 26.7 Å². The van der Waals surface area contributed by atoms with Gasteiger partial charge >= 0.3 is 0 Å². The second-order valence-corrected chi connectivity index (χ2v) is 8.09. The molecule has 110 valence electrons. The van der Waals surface area contributed by atoms with Crippen LogP contribution in [0.25, 0.3) is 0 Å². The summed E-state index contributed by atoms with van der Waals surface area (Å²) < 4.78 is 0. The Balaban J connectivity index is 1.80. The number of nitrogens with zero attached hydrogens (tertiary/aromatic N) is 1. The van der Waals surface area contributed by atoms with Crippen LogP contribution in [0.5, 0.6) is 0 Å². The Morgan fingerprint density at radius 2 is 1.84 bits per heavy atom. The highest BCUT2D eigenvalue weighted by molar-refractivity contribution is 5.07. The molecular formula is C17H32N2. The van der Waals surface area contributed by atoms with Crippen molar-refractivity contribution < 1.29 is 0 Å². The van der Waals surface area contributed by atoms with E-state index in [2.05, 4.69) is 37.9 Å². The molecule has 1 saturated carbocycles. The fraction of sp³-hybridized carbons (Fsp3) is 1.00. The summed E-state index contributed by atoms with van der Waals surface area (Å²) in [6.07, 6.45) is 5.82. The van der Waals surface area contributed by atoms with Gasteiger partial charge in [0.05, 0.1) is 0 Å². The maximum Gasteiger partial charge on any atom is 0.0200 e. The second-order valence-electron chi connectivity index (χ2n) is 8.09. The number of hydrogen-bond acceptors (Lipinski definition) is 2. The van der Waals surface area contributed by atoms with Crippen molar-refractivity contribution in [3.8, 4) is 0 Å². The van der Waals surface area contributed by atoms with Crippen molar-refractivity contribution >= 4 is 0 Å². The molecule has 0 aromatic rings. The smallest absolute Gasteiger partial charge is 0.0200 e. The fourth-order valence-corrected chi connectivity index (χ4v) is 5.32. The van der Waals surface area contributed by atoms with E-state index in [1.165, 1.54) is 45.3 Å². The normalized spacial score (nSPS) is 42.8. The predicted octanol–water partition coefficient (Wildman–Crippen LogP) is 3.13. The highest BCUT2D eigenvalue weighted by Crippen LogP contribution is 2.46. The van der Waals surface area contributed by atoms with Crippen LogP contribution in [-0.4, -0.2) is 36.1 Å². The third-order valence-corrected chi connectivity index (χ3v) is 6.46. The van der Waals surface area contributed by atoms with Gasteiger partial charge in [0.15, 0.2) is 0 Å². The van der Waals surface area contributed by atoms with Crippen LogP contribution in [0.4, 0.5) is 0 Å². The van der Waals surface area contributed by atoms with E-state index in [0.29, 0.717) is 5.54 Å². The van der Waals surface area contributed by atoms with E-state index in [1.54, 1.807) is 0 Å². The van der Waals surface area contributed by atoms with E-state index in [1.807, 2.05) is 0 Å². The summed E-state index contributed by atoms with van der Waals surface area (Å²) in [5.74, 6) is 3.56. The Hall–Kier alpha value is -0.0800.